The number of nitrogens with one attached hydrogen (secondary N) is 1. The van der Waals surface area contributed by atoms with Gasteiger partial charge in [-0.25, -0.2) is 0 Å². The van der Waals surface area contributed by atoms with E-state index in [1.807, 2.05) is 0 Å². The highest BCUT2D eigenvalue weighted by Gasteiger charge is 2.18. The fraction of sp³-hybridized carbons (Fsp3) is 0.912. The molecule has 0 aliphatic heterocycles. The lowest BCUT2D eigenvalue weighted by atomic mass is 10.0. The summed E-state index contributed by atoms with van der Waals surface area (Å²) in [5, 5.41) is 11.2. The second kappa shape index (κ2) is 30.4. The summed E-state index contributed by atoms with van der Waals surface area (Å²) in [5.41, 5.74) is 0. The Morgan fingerprint density at radius 3 is 1.35 bits per heavy atom. The Morgan fingerprint density at radius 1 is 0.575 bits per heavy atom. The van der Waals surface area contributed by atoms with Gasteiger partial charge in [0, 0.05) is 6.42 Å². The molecule has 6 nitrogen and oxygen atoms in total. The molecule has 0 aliphatic carbocycles. The van der Waals surface area contributed by atoms with Gasteiger partial charge in [0.1, 0.15) is 12.6 Å². The van der Waals surface area contributed by atoms with Gasteiger partial charge in [0.2, 0.25) is 5.91 Å². The second-order valence-electron chi connectivity index (χ2n) is 11.8. The van der Waals surface area contributed by atoms with E-state index in [-0.39, 0.29) is 18.3 Å². The zero-order valence-corrected chi connectivity index (χ0v) is 26.5. The number of carboxylic acids is 1. The van der Waals surface area contributed by atoms with Crippen molar-refractivity contribution in [2.24, 2.45) is 0 Å². The molecule has 0 radical (unpaired) electrons. The summed E-state index contributed by atoms with van der Waals surface area (Å²) in [5.74, 6) is -1.68. The van der Waals surface area contributed by atoms with Crippen molar-refractivity contribution in [3.8, 4) is 0 Å². The maximum absolute atomic E-state index is 12.5. The van der Waals surface area contributed by atoms with Gasteiger partial charge in [-0.05, 0) is 19.3 Å². The van der Waals surface area contributed by atoms with E-state index in [0.717, 1.165) is 32.1 Å². The lowest BCUT2D eigenvalue weighted by Gasteiger charge is -2.18. The number of hydrogen-bond donors (Lipinski definition) is 2. The van der Waals surface area contributed by atoms with Crippen LogP contribution in [0.5, 0.6) is 0 Å². The molecule has 1 atom stereocenters. The van der Waals surface area contributed by atoms with E-state index in [9.17, 15) is 14.4 Å². The third-order valence-corrected chi connectivity index (χ3v) is 7.76. The van der Waals surface area contributed by atoms with Crippen molar-refractivity contribution in [3.63, 3.8) is 0 Å². The van der Waals surface area contributed by atoms with Crippen LogP contribution in [0.3, 0.4) is 0 Å². The topological polar surface area (TPSA) is 92.7 Å². The maximum atomic E-state index is 12.5. The number of rotatable bonds is 31. The lowest BCUT2D eigenvalue weighted by Crippen LogP contribution is -2.33. The predicted molar refractivity (Wildman–Crippen MR) is 167 cm³/mol. The van der Waals surface area contributed by atoms with E-state index in [2.05, 4.69) is 19.2 Å². The number of aliphatic carboxylic acids is 1. The molecule has 40 heavy (non-hydrogen) atoms. The number of hydrogen-bond acceptors (Lipinski definition) is 4. The third kappa shape index (κ3) is 29.4. The van der Waals surface area contributed by atoms with Gasteiger partial charge in [0.25, 0.3) is 0 Å². The highest BCUT2D eigenvalue weighted by molar-refractivity contribution is 5.81. The Labute approximate surface area is 247 Å². The summed E-state index contributed by atoms with van der Waals surface area (Å²) in [7, 11) is 0. The fourth-order valence-electron chi connectivity index (χ4n) is 5.22. The number of carbonyl (C=O) groups is 3. The van der Waals surface area contributed by atoms with E-state index in [1.54, 1.807) is 0 Å². The molecule has 1 amide bonds. The van der Waals surface area contributed by atoms with E-state index in [0.29, 0.717) is 12.8 Å². The first-order valence-corrected chi connectivity index (χ1v) is 17.2. The van der Waals surface area contributed by atoms with Gasteiger partial charge in [0.15, 0.2) is 0 Å². The monoisotopic (exact) mass is 567 g/mol. The van der Waals surface area contributed by atoms with Crippen LogP contribution in [0.15, 0.2) is 0 Å². The van der Waals surface area contributed by atoms with Crippen molar-refractivity contribution >= 4 is 17.8 Å². The number of ether oxygens (including phenoxy) is 1. The van der Waals surface area contributed by atoms with Crippen LogP contribution in [-0.4, -0.2) is 35.6 Å². The van der Waals surface area contributed by atoms with E-state index >= 15 is 0 Å². The number of esters is 1. The highest BCUT2D eigenvalue weighted by Crippen LogP contribution is 2.17. The van der Waals surface area contributed by atoms with Gasteiger partial charge in [-0.1, -0.05) is 155 Å². The van der Waals surface area contributed by atoms with Gasteiger partial charge < -0.3 is 15.2 Å². The summed E-state index contributed by atoms with van der Waals surface area (Å²) in [6, 6.07) is 0. The molecule has 0 saturated carbocycles. The molecule has 0 bridgehead atoms. The van der Waals surface area contributed by atoms with Gasteiger partial charge >= 0.3 is 11.9 Å². The molecule has 0 fully saturated rings. The van der Waals surface area contributed by atoms with E-state index < -0.39 is 18.6 Å². The second-order valence-corrected chi connectivity index (χ2v) is 11.8. The Balaban J connectivity index is 4.02. The van der Waals surface area contributed by atoms with Crippen LogP contribution in [0.2, 0.25) is 0 Å². The summed E-state index contributed by atoms with van der Waals surface area (Å²) >= 11 is 0. The van der Waals surface area contributed by atoms with Gasteiger partial charge in [-0.15, -0.1) is 0 Å². The molecule has 6 heteroatoms. The molecular weight excluding hydrogens is 502 g/mol. The first-order chi connectivity index (χ1) is 19.5. The van der Waals surface area contributed by atoms with Crippen molar-refractivity contribution in [1.82, 2.24) is 5.32 Å². The van der Waals surface area contributed by atoms with Gasteiger partial charge in [-0.2, -0.15) is 0 Å². The van der Waals surface area contributed by atoms with Crippen LogP contribution in [-0.2, 0) is 19.1 Å². The third-order valence-electron chi connectivity index (χ3n) is 7.76. The van der Waals surface area contributed by atoms with E-state index in [4.69, 9.17) is 9.84 Å². The van der Waals surface area contributed by atoms with Crippen molar-refractivity contribution in [1.29, 1.82) is 0 Å². The van der Waals surface area contributed by atoms with Crippen LogP contribution in [0.4, 0.5) is 0 Å². The summed E-state index contributed by atoms with van der Waals surface area (Å²) in [6.07, 6.45) is 30.7. The van der Waals surface area contributed by atoms with Crippen molar-refractivity contribution in [3.05, 3.63) is 0 Å². The molecule has 0 aromatic rings. The lowest BCUT2D eigenvalue weighted by molar-refractivity contribution is -0.151. The number of carbonyl (C=O) groups excluding carboxylic acids is 2. The molecule has 2 N–H and O–H groups in total. The Kier molecular flexibility index (Phi) is 29.2. The Morgan fingerprint density at radius 2 is 0.950 bits per heavy atom. The van der Waals surface area contributed by atoms with Gasteiger partial charge in [0.05, 0.1) is 6.42 Å². The molecule has 0 rings (SSSR count). The minimum Gasteiger partial charge on any atom is -0.480 e. The normalized spacial score (nSPS) is 11.8. The van der Waals surface area contributed by atoms with Crippen LogP contribution in [0.1, 0.15) is 187 Å². The number of unbranched alkanes of at least 4 members (excludes halogenated alkanes) is 22. The van der Waals surface area contributed by atoms with Crippen LogP contribution < -0.4 is 5.32 Å². The van der Waals surface area contributed by atoms with Crippen LogP contribution in [0.25, 0.3) is 0 Å². The smallest absolute Gasteiger partial charge is 0.322 e. The average molecular weight is 568 g/mol. The highest BCUT2D eigenvalue weighted by atomic mass is 16.5. The predicted octanol–water partition coefficient (Wildman–Crippen LogP) is 9.67. The fourth-order valence-corrected chi connectivity index (χ4v) is 5.22. The maximum Gasteiger partial charge on any atom is 0.322 e. The molecule has 0 aromatic heterocycles. The molecule has 0 saturated heterocycles. The van der Waals surface area contributed by atoms with Crippen molar-refractivity contribution in [2.45, 2.75) is 193 Å². The van der Waals surface area contributed by atoms with Crippen LogP contribution >= 0.6 is 0 Å². The van der Waals surface area contributed by atoms with Crippen molar-refractivity contribution in [2.75, 3.05) is 6.54 Å². The average Bonchev–Trinajstić information content (AvgIpc) is 2.93. The SMILES string of the molecule is CCCCCCCCCCCCCCCC(=O)O[C@H](CCCCCCCCCCCCC)CC(=O)NCC(=O)O. The minimum atomic E-state index is -1.07. The summed E-state index contributed by atoms with van der Waals surface area (Å²) < 4.78 is 5.68. The minimum absolute atomic E-state index is 0.0371. The molecular formula is C34H65NO5. The molecule has 236 valence electrons. The standard InChI is InChI=1S/C34H65NO5/c1-3-5-7-9-11-13-15-16-18-20-22-24-26-28-34(39)40-31(29-32(36)35-30-33(37)38)27-25-23-21-19-17-14-12-10-8-6-4-2/h31H,3-30H2,1-2H3,(H,35,36)(H,37,38)/t31-/m1/s1. The molecule has 0 unspecified atom stereocenters. The first-order valence-electron chi connectivity index (χ1n) is 17.2. The number of carboxylic acid groups (broad SMARTS) is 1. The summed E-state index contributed by atoms with van der Waals surface area (Å²) in [6.45, 7) is 4.10. The van der Waals surface area contributed by atoms with Crippen LogP contribution in [0, 0.1) is 0 Å². The summed E-state index contributed by atoms with van der Waals surface area (Å²) in [4.78, 5) is 35.4. The first kappa shape index (κ1) is 38.4. The molecule has 0 aromatic carbocycles. The largest absolute Gasteiger partial charge is 0.480 e. The van der Waals surface area contributed by atoms with Crippen molar-refractivity contribution < 1.29 is 24.2 Å². The quantitative estimate of drug-likeness (QED) is 0.0642. The van der Waals surface area contributed by atoms with Gasteiger partial charge in [-0.3, -0.25) is 14.4 Å². The zero-order valence-electron chi connectivity index (χ0n) is 26.5. The molecule has 0 heterocycles. The molecule has 0 spiro atoms. The van der Waals surface area contributed by atoms with E-state index in [1.165, 1.54) is 122 Å². The Bertz CT molecular complexity index is 595. The Hall–Kier alpha value is -1.59. The zero-order chi connectivity index (χ0) is 29.5. The molecule has 0 aliphatic rings. The number of amides is 1.